The molecule has 1 aromatic carbocycles. The summed E-state index contributed by atoms with van der Waals surface area (Å²) in [5, 5.41) is 10.8. The second kappa shape index (κ2) is 9.87. The quantitative estimate of drug-likeness (QED) is 0.617. The van der Waals surface area contributed by atoms with E-state index in [4.69, 9.17) is 16.1 Å². The summed E-state index contributed by atoms with van der Waals surface area (Å²) in [4.78, 5) is 16.7. The topological polar surface area (TPSA) is 80.1 Å². The van der Waals surface area contributed by atoms with Gasteiger partial charge in [-0.05, 0) is 55.6 Å². The van der Waals surface area contributed by atoms with Crippen LogP contribution in [0.3, 0.4) is 0 Å². The number of halogens is 2. The van der Waals surface area contributed by atoms with E-state index >= 15 is 0 Å². The van der Waals surface area contributed by atoms with E-state index in [1.165, 1.54) is 0 Å². The molecule has 1 fully saturated rings. The average molecular weight is 433 g/mol. The van der Waals surface area contributed by atoms with Crippen molar-refractivity contribution in [3.63, 3.8) is 0 Å². The molecular formula is C21H22Cl2N4O2. The van der Waals surface area contributed by atoms with Crippen molar-refractivity contribution in [2.75, 3.05) is 13.1 Å². The molecule has 1 saturated heterocycles. The maximum Gasteiger partial charge on any atom is 0.253 e. The zero-order valence-electron chi connectivity index (χ0n) is 15.7. The minimum absolute atomic E-state index is 0. The van der Waals surface area contributed by atoms with Crippen molar-refractivity contribution in [1.29, 1.82) is 0 Å². The number of carbonyl (C=O) groups is 1. The second-order valence-corrected chi connectivity index (χ2v) is 7.40. The summed E-state index contributed by atoms with van der Waals surface area (Å²) in [5.74, 6) is 1.00. The van der Waals surface area contributed by atoms with Gasteiger partial charge < -0.3 is 15.2 Å². The molecular weight excluding hydrogens is 411 g/mol. The number of hydrogen-bond acceptors (Lipinski definition) is 5. The Morgan fingerprint density at radius 1 is 1.28 bits per heavy atom. The normalized spacial score (nSPS) is 15.7. The van der Waals surface area contributed by atoms with Crippen molar-refractivity contribution in [2.45, 2.75) is 19.4 Å². The largest absolute Gasteiger partial charge is 0.356 e. The van der Waals surface area contributed by atoms with Crippen LogP contribution in [-0.4, -0.2) is 29.1 Å². The molecule has 4 rings (SSSR count). The Labute approximate surface area is 180 Å². The molecule has 3 aromatic rings. The molecule has 0 bridgehead atoms. The highest BCUT2D eigenvalue weighted by molar-refractivity contribution is 6.33. The number of benzene rings is 1. The molecule has 0 spiro atoms. The number of hydrogen-bond donors (Lipinski definition) is 2. The maximum atomic E-state index is 12.5. The van der Waals surface area contributed by atoms with Crippen LogP contribution in [-0.2, 0) is 13.0 Å². The molecule has 0 aliphatic carbocycles. The van der Waals surface area contributed by atoms with Crippen molar-refractivity contribution in [1.82, 2.24) is 20.8 Å². The molecule has 1 aliphatic rings. The molecule has 1 atom stereocenters. The molecule has 8 heteroatoms. The standard InChI is InChI=1S/C21H21ClN4O2.ClH/c22-19-4-2-1-3-18(19)20-9-17(26-28-20)13-25-21(27)16-8-15(11-24-12-16)7-14-5-6-23-10-14;/h1-4,8-9,11-12,14,23H,5-7,10,13H2,(H,25,27);1H. The number of nitrogens with zero attached hydrogens (tertiary/aromatic N) is 2. The Morgan fingerprint density at radius 3 is 2.93 bits per heavy atom. The minimum Gasteiger partial charge on any atom is -0.356 e. The van der Waals surface area contributed by atoms with Crippen LogP contribution in [0.2, 0.25) is 5.02 Å². The van der Waals surface area contributed by atoms with Crippen LogP contribution < -0.4 is 10.6 Å². The molecule has 29 heavy (non-hydrogen) atoms. The lowest BCUT2D eigenvalue weighted by Gasteiger charge is -2.09. The van der Waals surface area contributed by atoms with E-state index in [9.17, 15) is 4.79 Å². The third kappa shape index (κ3) is 5.35. The summed E-state index contributed by atoms with van der Waals surface area (Å²) in [6.45, 7) is 2.35. The molecule has 1 aliphatic heterocycles. The van der Waals surface area contributed by atoms with E-state index in [-0.39, 0.29) is 24.9 Å². The van der Waals surface area contributed by atoms with Crippen LogP contribution in [0.4, 0.5) is 0 Å². The Balaban J connectivity index is 0.00000240. The molecule has 152 valence electrons. The van der Waals surface area contributed by atoms with Crippen LogP contribution in [0.15, 0.2) is 53.3 Å². The number of carbonyl (C=O) groups excluding carboxylic acids is 1. The van der Waals surface area contributed by atoms with Crippen LogP contribution in [0, 0.1) is 5.92 Å². The van der Waals surface area contributed by atoms with E-state index in [1.54, 1.807) is 18.3 Å². The Morgan fingerprint density at radius 2 is 2.14 bits per heavy atom. The van der Waals surface area contributed by atoms with Crippen molar-refractivity contribution >= 4 is 29.9 Å². The fourth-order valence-electron chi connectivity index (χ4n) is 3.40. The predicted molar refractivity (Wildman–Crippen MR) is 114 cm³/mol. The molecule has 2 N–H and O–H groups in total. The van der Waals surface area contributed by atoms with Crippen LogP contribution in [0.1, 0.15) is 28.0 Å². The van der Waals surface area contributed by atoms with Gasteiger partial charge in [-0.2, -0.15) is 0 Å². The van der Waals surface area contributed by atoms with E-state index in [2.05, 4.69) is 20.8 Å². The molecule has 0 radical (unpaired) electrons. The summed E-state index contributed by atoms with van der Waals surface area (Å²) < 4.78 is 5.36. The smallest absolute Gasteiger partial charge is 0.253 e. The van der Waals surface area contributed by atoms with Crippen LogP contribution in [0.5, 0.6) is 0 Å². The monoisotopic (exact) mass is 432 g/mol. The van der Waals surface area contributed by atoms with Crippen molar-refractivity contribution < 1.29 is 9.32 Å². The average Bonchev–Trinajstić information content (AvgIpc) is 3.39. The van der Waals surface area contributed by atoms with Gasteiger partial charge in [0, 0.05) is 24.0 Å². The van der Waals surface area contributed by atoms with E-state index in [0.29, 0.717) is 28.0 Å². The first kappa shape index (κ1) is 21.3. The first-order valence-electron chi connectivity index (χ1n) is 9.32. The summed E-state index contributed by atoms with van der Waals surface area (Å²) >= 11 is 6.18. The number of amides is 1. The molecule has 1 amide bonds. The SMILES string of the molecule is Cl.O=C(NCc1cc(-c2ccccc2Cl)on1)c1cncc(CC2CCNC2)c1. The number of pyridine rings is 1. The highest BCUT2D eigenvalue weighted by atomic mass is 35.5. The van der Waals surface area contributed by atoms with Gasteiger partial charge in [0.05, 0.1) is 17.1 Å². The van der Waals surface area contributed by atoms with E-state index < -0.39 is 0 Å². The van der Waals surface area contributed by atoms with Gasteiger partial charge in [-0.25, -0.2) is 0 Å². The van der Waals surface area contributed by atoms with Gasteiger partial charge in [-0.3, -0.25) is 9.78 Å². The fourth-order valence-corrected chi connectivity index (χ4v) is 3.63. The van der Waals surface area contributed by atoms with E-state index in [1.807, 2.05) is 30.5 Å². The molecule has 2 aromatic heterocycles. The summed E-state index contributed by atoms with van der Waals surface area (Å²) in [6.07, 6.45) is 5.52. The van der Waals surface area contributed by atoms with E-state index in [0.717, 1.165) is 37.1 Å². The van der Waals surface area contributed by atoms with Gasteiger partial charge in [0.25, 0.3) is 5.91 Å². The number of nitrogens with one attached hydrogen (secondary N) is 2. The third-order valence-electron chi connectivity index (χ3n) is 4.87. The lowest BCUT2D eigenvalue weighted by atomic mass is 9.99. The summed E-state index contributed by atoms with van der Waals surface area (Å²) in [5.41, 5.74) is 3.04. The predicted octanol–water partition coefficient (Wildman–Crippen LogP) is 3.89. The lowest BCUT2D eigenvalue weighted by Crippen LogP contribution is -2.23. The van der Waals surface area contributed by atoms with Crippen LogP contribution >= 0.6 is 24.0 Å². The highest BCUT2D eigenvalue weighted by Gasteiger charge is 2.16. The van der Waals surface area contributed by atoms with Gasteiger partial charge in [0.1, 0.15) is 5.69 Å². The van der Waals surface area contributed by atoms with Crippen molar-refractivity contribution in [2.24, 2.45) is 5.92 Å². The molecule has 6 nitrogen and oxygen atoms in total. The summed E-state index contributed by atoms with van der Waals surface area (Å²) in [7, 11) is 0. The molecule has 0 saturated carbocycles. The number of aromatic nitrogens is 2. The van der Waals surface area contributed by atoms with Gasteiger partial charge in [-0.15, -0.1) is 12.4 Å². The van der Waals surface area contributed by atoms with Gasteiger partial charge >= 0.3 is 0 Å². The number of rotatable bonds is 6. The van der Waals surface area contributed by atoms with Gasteiger partial charge in [0.2, 0.25) is 0 Å². The Hall–Kier alpha value is -2.41. The first-order chi connectivity index (χ1) is 13.7. The Bertz CT molecular complexity index is 971. The fraction of sp³-hybridized carbons (Fsp3) is 0.286. The maximum absolute atomic E-state index is 12.5. The first-order valence-corrected chi connectivity index (χ1v) is 9.70. The highest BCUT2D eigenvalue weighted by Crippen LogP contribution is 2.27. The van der Waals surface area contributed by atoms with Gasteiger partial charge in [0.15, 0.2) is 5.76 Å². The lowest BCUT2D eigenvalue weighted by molar-refractivity contribution is 0.0949. The third-order valence-corrected chi connectivity index (χ3v) is 5.20. The molecule has 3 heterocycles. The minimum atomic E-state index is -0.179. The summed E-state index contributed by atoms with van der Waals surface area (Å²) in [6, 6.07) is 11.1. The molecule has 1 unspecified atom stereocenters. The second-order valence-electron chi connectivity index (χ2n) is 6.99. The zero-order valence-corrected chi connectivity index (χ0v) is 17.3. The van der Waals surface area contributed by atoms with Crippen LogP contribution in [0.25, 0.3) is 11.3 Å². The van der Waals surface area contributed by atoms with Crippen molar-refractivity contribution in [3.8, 4) is 11.3 Å². The van der Waals surface area contributed by atoms with Gasteiger partial charge in [-0.1, -0.05) is 28.9 Å². The van der Waals surface area contributed by atoms with Crippen molar-refractivity contribution in [3.05, 3.63) is 70.6 Å². The Kier molecular flexibility index (Phi) is 7.25. The zero-order chi connectivity index (χ0) is 19.3.